The third-order valence-electron chi connectivity index (χ3n) is 3.49. The molecule has 0 amide bonds. The smallest absolute Gasteiger partial charge is 0.240 e. The highest BCUT2D eigenvalue weighted by Crippen LogP contribution is 2.38. The van der Waals surface area contributed by atoms with Crippen LogP contribution in [-0.4, -0.2) is 28.2 Å². The second-order valence-corrected chi connectivity index (χ2v) is 8.29. The molecule has 0 fully saturated rings. The van der Waals surface area contributed by atoms with Gasteiger partial charge >= 0.3 is 0 Å². The van der Waals surface area contributed by atoms with Gasteiger partial charge in [0.1, 0.15) is 13.2 Å². The Labute approximate surface area is 154 Å². The maximum Gasteiger partial charge on any atom is 0.240 e. The van der Waals surface area contributed by atoms with Gasteiger partial charge in [-0.3, -0.25) is 0 Å². The molecule has 1 aliphatic heterocycles. The van der Waals surface area contributed by atoms with Crippen molar-refractivity contribution in [1.82, 2.24) is 4.72 Å². The maximum atomic E-state index is 12.2. The molecule has 128 valence electrons. The highest BCUT2D eigenvalue weighted by atomic mass is 79.9. The van der Waals surface area contributed by atoms with Crippen LogP contribution in [0.4, 0.5) is 0 Å². The number of nitrogens with one attached hydrogen (secondary N) is 1. The van der Waals surface area contributed by atoms with E-state index in [1.54, 1.807) is 30.3 Å². The van der Waals surface area contributed by atoms with Gasteiger partial charge in [0, 0.05) is 11.0 Å². The minimum atomic E-state index is -3.53. The Kier molecular flexibility index (Phi) is 5.34. The van der Waals surface area contributed by atoms with E-state index in [0.717, 1.165) is 10.0 Å². The molecule has 1 aliphatic rings. The molecule has 2 aromatic rings. The van der Waals surface area contributed by atoms with Gasteiger partial charge in [0.25, 0.3) is 0 Å². The Morgan fingerprint density at radius 2 is 1.83 bits per heavy atom. The molecule has 0 saturated heterocycles. The first-order valence-electron chi connectivity index (χ1n) is 7.29. The molecule has 5 nitrogen and oxygen atoms in total. The van der Waals surface area contributed by atoms with Crippen LogP contribution in [0, 0.1) is 0 Å². The van der Waals surface area contributed by atoms with Crippen LogP contribution in [0.2, 0.25) is 5.02 Å². The van der Waals surface area contributed by atoms with E-state index >= 15 is 0 Å². The Morgan fingerprint density at radius 3 is 2.58 bits per heavy atom. The summed E-state index contributed by atoms with van der Waals surface area (Å²) in [5.74, 6) is 1.14. The van der Waals surface area contributed by atoms with Gasteiger partial charge in [0.05, 0.1) is 9.92 Å². The summed E-state index contributed by atoms with van der Waals surface area (Å²) in [4.78, 5) is 0.228. The number of benzene rings is 2. The van der Waals surface area contributed by atoms with Crippen molar-refractivity contribution in [2.24, 2.45) is 0 Å². The molecule has 8 heteroatoms. The summed E-state index contributed by atoms with van der Waals surface area (Å²) < 4.78 is 38.9. The van der Waals surface area contributed by atoms with Crippen LogP contribution >= 0.6 is 27.5 Å². The summed E-state index contributed by atoms with van der Waals surface area (Å²) in [5.41, 5.74) is 0.878. The summed E-state index contributed by atoms with van der Waals surface area (Å²) in [6.07, 6.45) is 0.492. The van der Waals surface area contributed by atoms with Crippen molar-refractivity contribution in [1.29, 1.82) is 0 Å². The fourth-order valence-electron chi connectivity index (χ4n) is 2.34. The van der Waals surface area contributed by atoms with Crippen LogP contribution in [-0.2, 0) is 16.4 Å². The highest BCUT2D eigenvalue weighted by molar-refractivity contribution is 9.10. The zero-order valence-electron chi connectivity index (χ0n) is 12.6. The summed E-state index contributed by atoms with van der Waals surface area (Å²) in [6.45, 7) is 1.20. The van der Waals surface area contributed by atoms with E-state index in [1.165, 1.54) is 0 Å². The normalized spacial score (nSPS) is 13.8. The number of hydrogen-bond acceptors (Lipinski definition) is 4. The van der Waals surface area contributed by atoms with E-state index in [0.29, 0.717) is 36.2 Å². The zero-order valence-corrected chi connectivity index (χ0v) is 15.7. The van der Waals surface area contributed by atoms with E-state index < -0.39 is 10.0 Å². The zero-order chi connectivity index (χ0) is 17.2. The minimum absolute atomic E-state index is 0.228. The van der Waals surface area contributed by atoms with Crippen molar-refractivity contribution in [3.8, 4) is 11.5 Å². The molecule has 0 aliphatic carbocycles. The molecule has 2 aromatic carbocycles. The average molecular weight is 433 g/mol. The molecular formula is C16H15BrClNO4S. The van der Waals surface area contributed by atoms with Gasteiger partial charge in [-0.25, -0.2) is 13.1 Å². The fraction of sp³-hybridized carbons (Fsp3) is 0.250. The minimum Gasteiger partial charge on any atom is -0.486 e. The molecule has 24 heavy (non-hydrogen) atoms. The largest absolute Gasteiger partial charge is 0.486 e. The highest BCUT2D eigenvalue weighted by Gasteiger charge is 2.17. The SMILES string of the molecule is O=S(=O)(NCCc1cc(Cl)c2c(c1)OCCO2)c1ccc(Br)cc1. The van der Waals surface area contributed by atoms with Crippen LogP contribution in [0.3, 0.4) is 0 Å². The lowest BCUT2D eigenvalue weighted by Crippen LogP contribution is -2.26. The van der Waals surface area contributed by atoms with Gasteiger partial charge in [0.2, 0.25) is 10.0 Å². The number of sulfonamides is 1. The van der Waals surface area contributed by atoms with Gasteiger partial charge in [-0.15, -0.1) is 0 Å². The van der Waals surface area contributed by atoms with Gasteiger partial charge in [-0.05, 0) is 48.4 Å². The maximum absolute atomic E-state index is 12.2. The lowest BCUT2D eigenvalue weighted by molar-refractivity contribution is 0.171. The van der Waals surface area contributed by atoms with Gasteiger partial charge < -0.3 is 9.47 Å². The lowest BCUT2D eigenvalue weighted by Gasteiger charge is -2.20. The summed E-state index contributed by atoms with van der Waals surface area (Å²) in [7, 11) is -3.53. The van der Waals surface area contributed by atoms with Crippen LogP contribution in [0.15, 0.2) is 45.8 Å². The van der Waals surface area contributed by atoms with E-state index in [-0.39, 0.29) is 11.4 Å². The Bertz CT molecular complexity index is 840. The molecule has 0 atom stereocenters. The van der Waals surface area contributed by atoms with Gasteiger partial charge in [-0.1, -0.05) is 27.5 Å². The molecular weight excluding hydrogens is 418 g/mol. The van der Waals surface area contributed by atoms with E-state index in [4.69, 9.17) is 21.1 Å². The number of hydrogen-bond donors (Lipinski definition) is 1. The monoisotopic (exact) mass is 431 g/mol. The number of fused-ring (bicyclic) bond motifs is 1. The molecule has 1 N–H and O–H groups in total. The molecule has 0 saturated carbocycles. The molecule has 0 spiro atoms. The first-order valence-corrected chi connectivity index (χ1v) is 9.94. The topological polar surface area (TPSA) is 64.6 Å². The fourth-order valence-corrected chi connectivity index (χ4v) is 3.92. The Balaban J connectivity index is 1.66. The van der Waals surface area contributed by atoms with Crippen molar-refractivity contribution < 1.29 is 17.9 Å². The predicted molar refractivity (Wildman–Crippen MR) is 95.5 cm³/mol. The first kappa shape index (κ1) is 17.5. The van der Waals surface area contributed by atoms with Crippen LogP contribution in [0.25, 0.3) is 0 Å². The molecule has 0 bridgehead atoms. The quantitative estimate of drug-likeness (QED) is 0.786. The van der Waals surface area contributed by atoms with Gasteiger partial charge in [-0.2, -0.15) is 0 Å². The first-order chi connectivity index (χ1) is 11.5. The third kappa shape index (κ3) is 4.03. The number of ether oxygens (including phenoxy) is 2. The molecule has 1 heterocycles. The summed E-state index contributed by atoms with van der Waals surface area (Å²) in [6, 6.07) is 10.1. The van der Waals surface area contributed by atoms with Crippen molar-refractivity contribution in [2.45, 2.75) is 11.3 Å². The van der Waals surface area contributed by atoms with Crippen molar-refractivity contribution in [3.63, 3.8) is 0 Å². The second kappa shape index (κ2) is 7.31. The standard InChI is InChI=1S/C16H15BrClNO4S/c17-12-1-3-13(4-2-12)24(20,21)19-6-5-11-9-14(18)16-15(10-11)22-7-8-23-16/h1-4,9-10,19H,5-8H2. The van der Waals surface area contributed by atoms with Crippen molar-refractivity contribution in [2.75, 3.05) is 19.8 Å². The predicted octanol–water partition coefficient (Wildman–Crippen LogP) is 3.39. The lowest BCUT2D eigenvalue weighted by atomic mass is 10.1. The Hall–Kier alpha value is -1.28. The molecule has 0 radical (unpaired) electrons. The second-order valence-electron chi connectivity index (χ2n) is 5.20. The third-order valence-corrected chi connectivity index (χ3v) is 5.77. The Morgan fingerprint density at radius 1 is 1.12 bits per heavy atom. The summed E-state index contributed by atoms with van der Waals surface area (Å²) >= 11 is 9.46. The van der Waals surface area contributed by atoms with E-state index in [1.807, 2.05) is 6.07 Å². The molecule has 0 aromatic heterocycles. The van der Waals surface area contributed by atoms with Crippen molar-refractivity contribution in [3.05, 3.63) is 51.5 Å². The van der Waals surface area contributed by atoms with E-state index in [9.17, 15) is 8.42 Å². The average Bonchev–Trinajstić information content (AvgIpc) is 2.55. The number of rotatable bonds is 5. The van der Waals surface area contributed by atoms with Crippen LogP contribution in [0.5, 0.6) is 11.5 Å². The molecule has 3 rings (SSSR count). The molecule has 0 unspecified atom stereocenters. The number of halogens is 2. The van der Waals surface area contributed by atoms with Crippen molar-refractivity contribution >= 4 is 37.6 Å². The summed E-state index contributed by atoms with van der Waals surface area (Å²) in [5, 5.41) is 0.470. The van der Waals surface area contributed by atoms with Crippen LogP contribution < -0.4 is 14.2 Å². The van der Waals surface area contributed by atoms with E-state index in [2.05, 4.69) is 20.7 Å². The van der Waals surface area contributed by atoms with Crippen LogP contribution in [0.1, 0.15) is 5.56 Å². The van der Waals surface area contributed by atoms with Gasteiger partial charge in [0.15, 0.2) is 11.5 Å².